The van der Waals surface area contributed by atoms with Crippen LogP contribution in [0.5, 0.6) is 0 Å². The second kappa shape index (κ2) is 5.26. The van der Waals surface area contributed by atoms with E-state index in [-0.39, 0.29) is 6.10 Å². The Morgan fingerprint density at radius 3 is 3.00 bits per heavy atom. The zero-order chi connectivity index (χ0) is 12.5. The van der Waals surface area contributed by atoms with Crippen LogP contribution >= 0.6 is 11.8 Å². The topological polar surface area (TPSA) is 20.2 Å². The van der Waals surface area contributed by atoms with Gasteiger partial charge < -0.3 is 5.11 Å². The van der Waals surface area contributed by atoms with Crippen molar-refractivity contribution < 1.29 is 5.11 Å². The fraction of sp³-hybridized carbons (Fsp3) is 0.625. The Morgan fingerprint density at radius 1 is 1.28 bits per heavy atom. The number of hydrogen-bond acceptors (Lipinski definition) is 2. The van der Waals surface area contributed by atoms with Gasteiger partial charge in [0.15, 0.2) is 0 Å². The molecule has 3 rings (SSSR count). The van der Waals surface area contributed by atoms with Crippen molar-refractivity contribution in [3.05, 3.63) is 29.8 Å². The second-order valence-electron chi connectivity index (χ2n) is 6.03. The summed E-state index contributed by atoms with van der Waals surface area (Å²) in [6.45, 7) is 2.33. The lowest BCUT2D eigenvalue weighted by Gasteiger charge is -2.33. The zero-order valence-corrected chi connectivity index (χ0v) is 11.8. The van der Waals surface area contributed by atoms with Gasteiger partial charge in [-0.3, -0.25) is 0 Å². The lowest BCUT2D eigenvalue weighted by atomic mass is 9.75. The molecule has 18 heavy (non-hydrogen) atoms. The molecule has 1 nitrogen and oxygen atoms in total. The number of fused-ring (bicyclic) bond motifs is 1. The van der Waals surface area contributed by atoms with Gasteiger partial charge in [-0.25, -0.2) is 0 Å². The number of aliphatic hydroxyl groups is 1. The van der Waals surface area contributed by atoms with E-state index in [0.29, 0.717) is 11.8 Å². The molecule has 4 atom stereocenters. The summed E-state index contributed by atoms with van der Waals surface area (Å²) in [6.07, 6.45) is 4.54. The van der Waals surface area contributed by atoms with Crippen molar-refractivity contribution in [3.63, 3.8) is 0 Å². The highest BCUT2D eigenvalue weighted by Gasteiger charge is 2.32. The number of thioether (sulfide) groups is 1. The van der Waals surface area contributed by atoms with Gasteiger partial charge in [0.1, 0.15) is 0 Å². The SMILES string of the molecule is CC1CCC(O)C(CC2CSc3ccccc32)C1. The molecule has 0 bridgehead atoms. The average Bonchev–Trinajstić information content (AvgIpc) is 2.78. The van der Waals surface area contributed by atoms with Crippen LogP contribution in [0.2, 0.25) is 0 Å². The molecule has 1 aliphatic carbocycles. The van der Waals surface area contributed by atoms with Crippen LogP contribution in [0.4, 0.5) is 0 Å². The summed E-state index contributed by atoms with van der Waals surface area (Å²) in [5, 5.41) is 10.2. The molecule has 0 amide bonds. The molecule has 1 aromatic rings. The molecule has 2 heteroatoms. The molecule has 0 aromatic heterocycles. The Hall–Kier alpha value is -0.470. The first-order valence-electron chi connectivity index (χ1n) is 7.14. The quantitative estimate of drug-likeness (QED) is 0.867. The smallest absolute Gasteiger partial charge is 0.0568 e. The molecule has 1 aliphatic heterocycles. The van der Waals surface area contributed by atoms with Gasteiger partial charge in [-0.05, 0) is 55.1 Å². The van der Waals surface area contributed by atoms with E-state index in [9.17, 15) is 5.11 Å². The predicted molar refractivity (Wildman–Crippen MR) is 77.0 cm³/mol. The maximum Gasteiger partial charge on any atom is 0.0568 e. The number of rotatable bonds is 2. The Morgan fingerprint density at radius 2 is 2.11 bits per heavy atom. The molecule has 1 heterocycles. The lowest BCUT2D eigenvalue weighted by Crippen LogP contribution is -2.29. The monoisotopic (exact) mass is 262 g/mol. The maximum absolute atomic E-state index is 10.2. The maximum atomic E-state index is 10.2. The van der Waals surface area contributed by atoms with Gasteiger partial charge in [0.05, 0.1) is 6.10 Å². The van der Waals surface area contributed by atoms with Crippen LogP contribution in [-0.4, -0.2) is 17.0 Å². The van der Waals surface area contributed by atoms with Crippen molar-refractivity contribution in [2.45, 2.75) is 49.5 Å². The molecule has 4 unspecified atom stereocenters. The highest BCUT2D eigenvalue weighted by atomic mass is 32.2. The first-order chi connectivity index (χ1) is 8.74. The highest BCUT2D eigenvalue weighted by molar-refractivity contribution is 7.99. The standard InChI is InChI=1S/C16H22OS/c1-11-6-7-15(17)12(8-11)9-13-10-18-16-5-3-2-4-14(13)16/h2-5,11-13,15,17H,6-10H2,1H3. The van der Waals surface area contributed by atoms with Gasteiger partial charge in [-0.2, -0.15) is 0 Å². The highest BCUT2D eigenvalue weighted by Crippen LogP contribution is 2.44. The van der Waals surface area contributed by atoms with Crippen LogP contribution in [0, 0.1) is 11.8 Å². The lowest BCUT2D eigenvalue weighted by molar-refractivity contribution is 0.0447. The fourth-order valence-corrected chi connectivity index (χ4v) is 4.80. The Labute approximate surface area is 114 Å². The van der Waals surface area contributed by atoms with E-state index in [0.717, 1.165) is 12.3 Å². The summed E-state index contributed by atoms with van der Waals surface area (Å²) in [4.78, 5) is 1.46. The van der Waals surface area contributed by atoms with Crippen LogP contribution in [0.15, 0.2) is 29.2 Å². The molecule has 1 saturated carbocycles. The van der Waals surface area contributed by atoms with Crippen molar-refractivity contribution in [2.24, 2.45) is 11.8 Å². The van der Waals surface area contributed by atoms with Gasteiger partial charge in [0.2, 0.25) is 0 Å². The van der Waals surface area contributed by atoms with Gasteiger partial charge in [0, 0.05) is 10.6 Å². The minimum Gasteiger partial charge on any atom is -0.393 e. The summed E-state index contributed by atoms with van der Waals surface area (Å²) in [7, 11) is 0. The second-order valence-corrected chi connectivity index (χ2v) is 7.09. The van der Waals surface area contributed by atoms with Gasteiger partial charge in [0.25, 0.3) is 0 Å². The first-order valence-corrected chi connectivity index (χ1v) is 8.12. The van der Waals surface area contributed by atoms with Crippen molar-refractivity contribution in [2.75, 3.05) is 5.75 Å². The van der Waals surface area contributed by atoms with E-state index in [1.165, 1.54) is 35.5 Å². The van der Waals surface area contributed by atoms with Gasteiger partial charge >= 0.3 is 0 Å². The van der Waals surface area contributed by atoms with E-state index < -0.39 is 0 Å². The molecular formula is C16H22OS. The van der Waals surface area contributed by atoms with Crippen LogP contribution < -0.4 is 0 Å². The van der Waals surface area contributed by atoms with Crippen molar-refractivity contribution >= 4 is 11.8 Å². The van der Waals surface area contributed by atoms with E-state index in [2.05, 4.69) is 31.2 Å². The van der Waals surface area contributed by atoms with E-state index in [1.807, 2.05) is 11.8 Å². The molecule has 0 radical (unpaired) electrons. The average molecular weight is 262 g/mol. The van der Waals surface area contributed by atoms with Crippen molar-refractivity contribution in [1.82, 2.24) is 0 Å². The van der Waals surface area contributed by atoms with Crippen LogP contribution in [0.3, 0.4) is 0 Å². The Bertz CT molecular complexity index is 417. The molecular weight excluding hydrogens is 240 g/mol. The Balaban J connectivity index is 1.70. The van der Waals surface area contributed by atoms with E-state index >= 15 is 0 Å². The molecule has 0 saturated heterocycles. The number of aliphatic hydroxyl groups excluding tert-OH is 1. The van der Waals surface area contributed by atoms with Crippen LogP contribution in [-0.2, 0) is 0 Å². The summed E-state index contributed by atoms with van der Waals surface area (Å²) in [5.41, 5.74) is 1.52. The molecule has 2 aliphatic rings. The van der Waals surface area contributed by atoms with Crippen LogP contribution in [0.25, 0.3) is 0 Å². The van der Waals surface area contributed by atoms with E-state index in [4.69, 9.17) is 0 Å². The minimum atomic E-state index is -0.0565. The van der Waals surface area contributed by atoms with Crippen molar-refractivity contribution in [1.29, 1.82) is 0 Å². The largest absolute Gasteiger partial charge is 0.393 e. The molecule has 1 aromatic carbocycles. The number of hydrogen-bond donors (Lipinski definition) is 1. The van der Waals surface area contributed by atoms with Gasteiger partial charge in [-0.15, -0.1) is 11.8 Å². The normalized spacial score (nSPS) is 35.4. The summed E-state index contributed by atoms with van der Waals surface area (Å²) >= 11 is 1.98. The third-order valence-corrected chi connectivity index (χ3v) is 5.84. The number of benzene rings is 1. The third-order valence-electron chi connectivity index (χ3n) is 4.59. The predicted octanol–water partition coefficient (Wildman–Crippen LogP) is 4.06. The van der Waals surface area contributed by atoms with Crippen molar-refractivity contribution in [3.8, 4) is 0 Å². The van der Waals surface area contributed by atoms with Gasteiger partial charge in [-0.1, -0.05) is 25.1 Å². The summed E-state index contributed by atoms with van der Waals surface area (Å²) < 4.78 is 0. The van der Waals surface area contributed by atoms with E-state index in [1.54, 1.807) is 0 Å². The zero-order valence-electron chi connectivity index (χ0n) is 11.0. The molecule has 1 N–H and O–H groups in total. The first kappa shape index (κ1) is 12.6. The summed E-state index contributed by atoms with van der Waals surface area (Å²) in [6, 6.07) is 8.79. The molecule has 1 fully saturated rings. The fourth-order valence-electron chi connectivity index (χ4n) is 3.53. The third kappa shape index (κ3) is 2.46. The van der Waals surface area contributed by atoms with Crippen LogP contribution in [0.1, 0.15) is 44.1 Å². The minimum absolute atomic E-state index is 0.0565. The molecule has 0 spiro atoms. The summed E-state index contributed by atoms with van der Waals surface area (Å²) in [5.74, 6) is 3.18. The Kier molecular flexibility index (Phi) is 3.67. The molecule has 98 valence electrons.